The number of benzene rings is 1. The quantitative estimate of drug-likeness (QED) is 0.627. The minimum atomic E-state index is -0.378. The second-order valence-electron chi connectivity index (χ2n) is 5.28. The molecule has 0 atom stereocenters. The largest absolute Gasteiger partial charge is 0.294 e. The molecule has 0 N–H and O–H groups in total. The summed E-state index contributed by atoms with van der Waals surface area (Å²) in [4.78, 5) is 20.9. The van der Waals surface area contributed by atoms with E-state index in [1.165, 1.54) is 0 Å². The van der Waals surface area contributed by atoms with Crippen LogP contribution >= 0.6 is 15.9 Å². The number of hydrogen-bond donors (Lipinski definition) is 0. The second-order valence-corrected chi connectivity index (χ2v) is 5.84. The summed E-state index contributed by atoms with van der Waals surface area (Å²) in [6, 6.07) is 5.49. The number of hydrogen-bond acceptors (Lipinski definition) is 3. The third-order valence-electron chi connectivity index (χ3n) is 2.67. The summed E-state index contributed by atoms with van der Waals surface area (Å²) < 4.78 is 0. The Labute approximate surface area is 115 Å². The van der Waals surface area contributed by atoms with Gasteiger partial charge in [0.2, 0.25) is 0 Å². The van der Waals surface area contributed by atoms with E-state index in [9.17, 15) is 4.79 Å². The summed E-state index contributed by atoms with van der Waals surface area (Å²) in [6.07, 6.45) is 1.72. The SMILES string of the molecule is CC(C)(C)C(=O)c1ccc2nc(CBr)cnc2c1. The van der Waals surface area contributed by atoms with Crippen molar-refractivity contribution in [3.8, 4) is 0 Å². The van der Waals surface area contributed by atoms with Gasteiger partial charge in [0.1, 0.15) is 0 Å². The van der Waals surface area contributed by atoms with Gasteiger partial charge >= 0.3 is 0 Å². The Morgan fingerprint density at radius 3 is 2.61 bits per heavy atom. The second kappa shape index (κ2) is 4.76. The van der Waals surface area contributed by atoms with Crippen molar-refractivity contribution in [3.63, 3.8) is 0 Å². The minimum absolute atomic E-state index is 0.121. The van der Waals surface area contributed by atoms with Gasteiger partial charge in [-0.15, -0.1) is 0 Å². The van der Waals surface area contributed by atoms with E-state index in [2.05, 4.69) is 25.9 Å². The number of halogens is 1. The molecule has 0 saturated carbocycles. The molecular formula is C14H15BrN2O. The lowest BCUT2D eigenvalue weighted by atomic mass is 9.86. The van der Waals surface area contributed by atoms with Crippen LogP contribution in [0.4, 0.5) is 0 Å². The predicted octanol–water partition coefficient (Wildman–Crippen LogP) is 3.75. The molecule has 0 radical (unpaired) electrons. The standard InChI is InChI=1S/C14H15BrN2O/c1-14(2,3)13(18)9-4-5-11-12(6-9)16-8-10(7-15)17-11/h4-6,8H,7H2,1-3H3. The molecule has 2 rings (SSSR count). The molecule has 0 aliphatic heterocycles. The van der Waals surface area contributed by atoms with Gasteiger partial charge in [-0.1, -0.05) is 36.7 Å². The monoisotopic (exact) mass is 306 g/mol. The Kier molecular flexibility index (Phi) is 3.48. The van der Waals surface area contributed by atoms with Crippen molar-refractivity contribution in [1.29, 1.82) is 0 Å². The van der Waals surface area contributed by atoms with Crippen LogP contribution in [0, 0.1) is 5.41 Å². The summed E-state index contributed by atoms with van der Waals surface area (Å²) in [6.45, 7) is 5.75. The molecule has 0 amide bonds. The predicted molar refractivity (Wildman–Crippen MR) is 76.0 cm³/mol. The molecule has 18 heavy (non-hydrogen) atoms. The van der Waals surface area contributed by atoms with Crippen molar-refractivity contribution >= 4 is 32.7 Å². The first kappa shape index (κ1) is 13.1. The topological polar surface area (TPSA) is 42.9 Å². The molecule has 1 heterocycles. The van der Waals surface area contributed by atoms with Gasteiger partial charge in [0.15, 0.2) is 5.78 Å². The van der Waals surface area contributed by atoms with Crippen LogP contribution < -0.4 is 0 Å². The zero-order valence-electron chi connectivity index (χ0n) is 10.7. The highest BCUT2D eigenvalue weighted by Gasteiger charge is 2.23. The third-order valence-corrected chi connectivity index (χ3v) is 3.25. The number of fused-ring (bicyclic) bond motifs is 1. The fourth-order valence-electron chi connectivity index (χ4n) is 1.69. The Balaban J connectivity index is 2.49. The van der Waals surface area contributed by atoms with Crippen molar-refractivity contribution in [2.24, 2.45) is 5.41 Å². The van der Waals surface area contributed by atoms with E-state index in [0.717, 1.165) is 16.7 Å². The van der Waals surface area contributed by atoms with Crippen molar-refractivity contribution in [2.75, 3.05) is 0 Å². The zero-order valence-corrected chi connectivity index (χ0v) is 12.3. The molecule has 2 aromatic rings. The fraction of sp³-hybridized carbons (Fsp3) is 0.357. The molecule has 4 heteroatoms. The Morgan fingerprint density at radius 1 is 1.28 bits per heavy atom. The van der Waals surface area contributed by atoms with Gasteiger partial charge < -0.3 is 0 Å². The van der Waals surface area contributed by atoms with Crippen LogP contribution in [0.1, 0.15) is 36.8 Å². The maximum Gasteiger partial charge on any atom is 0.168 e. The Morgan fingerprint density at radius 2 is 2.00 bits per heavy atom. The number of alkyl halides is 1. The molecule has 0 aliphatic carbocycles. The molecule has 0 bridgehead atoms. The molecule has 0 fully saturated rings. The first-order chi connectivity index (χ1) is 8.41. The van der Waals surface area contributed by atoms with Crippen LogP contribution in [0.3, 0.4) is 0 Å². The van der Waals surface area contributed by atoms with Crippen LogP contribution in [0.2, 0.25) is 0 Å². The van der Waals surface area contributed by atoms with E-state index in [-0.39, 0.29) is 11.2 Å². The van der Waals surface area contributed by atoms with Crippen LogP contribution in [0.5, 0.6) is 0 Å². The number of aromatic nitrogens is 2. The van der Waals surface area contributed by atoms with Gasteiger partial charge in [-0.2, -0.15) is 0 Å². The van der Waals surface area contributed by atoms with Gasteiger partial charge in [0, 0.05) is 22.5 Å². The Bertz CT molecular complexity index is 602. The van der Waals surface area contributed by atoms with E-state index in [0.29, 0.717) is 10.9 Å². The van der Waals surface area contributed by atoms with Crippen LogP contribution in [-0.4, -0.2) is 15.8 Å². The third kappa shape index (κ3) is 2.58. The van der Waals surface area contributed by atoms with Crippen molar-refractivity contribution in [2.45, 2.75) is 26.1 Å². The highest BCUT2D eigenvalue weighted by Crippen LogP contribution is 2.22. The van der Waals surface area contributed by atoms with Gasteiger partial charge in [-0.3, -0.25) is 9.78 Å². The Hall–Kier alpha value is -1.29. The normalized spacial score (nSPS) is 11.8. The van der Waals surface area contributed by atoms with E-state index in [4.69, 9.17) is 0 Å². The maximum absolute atomic E-state index is 12.2. The van der Waals surface area contributed by atoms with E-state index >= 15 is 0 Å². The highest BCUT2D eigenvalue weighted by molar-refractivity contribution is 9.08. The lowest BCUT2D eigenvalue weighted by molar-refractivity contribution is 0.0858. The fourth-order valence-corrected chi connectivity index (χ4v) is 1.96. The number of carbonyl (C=O) groups is 1. The van der Waals surface area contributed by atoms with E-state index in [1.807, 2.05) is 39.0 Å². The summed E-state index contributed by atoms with van der Waals surface area (Å²) >= 11 is 3.35. The van der Waals surface area contributed by atoms with Gasteiger partial charge in [0.25, 0.3) is 0 Å². The lowest BCUT2D eigenvalue weighted by Gasteiger charge is -2.16. The maximum atomic E-state index is 12.2. The molecule has 0 spiro atoms. The van der Waals surface area contributed by atoms with E-state index < -0.39 is 0 Å². The molecule has 94 valence electrons. The number of rotatable bonds is 2. The minimum Gasteiger partial charge on any atom is -0.294 e. The van der Waals surface area contributed by atoms with Crippen molar-refractivity contribution < 1.29 is 4.79 Å². The summed E-state index contributed by atoms with van der Waals surface area (Å²) in [7, 11) is 0. The average Bonchev–Trinajstić information content (AvgIpc) is 2.35. The number of nitrogens with zero attached hydrogens (tertiary/aromatic N) is 2. The molecule has 0 unspecified atom stereocenters. The summed E-state index contributed by atoms with van der Waals surface area (Å²) in [5, 5.41) is 0.679. The molecule has 0 saturated heterocycles. The number of carbonyl (C=O) groups excluding carboxylic acids is 1. The molecular weight excluding hydrogens is 292 g/mol. The first-order valence-electron chi connectivity index (χ1n) is 5.78. The van der Waals surface area contributed by atoms with E-state index in [1.54, 1.807) is 6.20 Å². The highest BCUT2D eigenvalue weighted by atomic mass is 79.9. The van der Waals surface area contributed by atoms with Crippen molar-refractivity contribution in [3.05, 3.63) is 35.7 Å². The molecule has 1 aromatic carbocycles. The van der Waals surface area contributed by atoms with Gasteiger partial charge in [0.05, 0.1) is 16.7 Å². The molecule has 1 aromatic heterocycles. The number of Topliss-reactive ketones (excluding diaryl/α,β-unsaturated/α-hetero) is 1. The van der Waals surface area contributed by atoms with Gasteiger partial charge in [-0.25, -0.2) is 4.98 Å². The summed E-state index contributed by atoms with van der Waals surface area (Å²) in [5.74, 6) is 0.121. The van der Waals surface area contributed by atoms with Crippen LogP contribution in [0.25, 0.3) is 11.0 Å². The van der Waals surface area contributed by atoms with Crippen LogP contribution in [0.15, 0.2) is 24.4 Å². The van der Waals surface area contributed by atoms with Crippen LogP contribution in [-0.2, 0) is 5.33 Å². The summed E-state index contributed by atoms with van der Waals surface area (Å²) in [5.41, 5.74) is 2.78. The zero-order chi connectivity index (χ0) is 13.3. The molecule has 3 nitrogen and oxygen atoms in total. The van der Waals surface area contributed by atoms with Gasteiger partial charge in [-0.05, 0) is 18.2 Å². The van der Waals surface area contributed by atoms with Crippen molar-refractivity contribution in [1.82, 2.24) is 9.97 Å². The lowest BCUT2D eigenvalue weighted by Crippen LogP contribution is -2.20. The number of ketones is 1. The smallest absolute Gasteiger partial charge is 0.168 e. The first-order valence-corrected chi connectivity index (χ1v) is 6.90. The average molecular weight is 307 g/mol. The molecule has 0 aliphatic rings.